The van der Waals surface area contributed by atoms with Crippen molar-refractivity contribution in [1.29, 1.82) is 0 Å². The summed E-state index contributed by atoms with van der Waals surface area (Å²) in [6.07, 6.45) is 0.731. The molecule has 0 fully saturated rings. The highest BCUT2D eigenvalue weighted by Crippen LogP contribution is 2.27. The van der Waals surface area contributed by atoms with Crippen molar-refractivity contribution >= 4 is 59.4 Å². The third-order valence-electron chi connectivity index (χ3n) is 6.53. The average Bonchev–Trinajstić information content (AvgIpc) is 2.95. The Bertz CT molecular complexity index is 1430. The van der Waals surface area contributed by atoms with E-state index in [0.29, 0.717) is 18.0 Å². The summed E-state index contributed by atoms with van der Waals surface area (Å²) in [5.74, 6) is -0.257. The normalized spacial score (nSPS) is 12.7. The zero-order chi connectivity index (χ0) is 30.2. The van der Waals surface area contributed by atoms with Gasteiger partial charge in [0.25, 0.3) is 10.0 Å². The van der Waals surface area contributed by atoms with Crippen LogP contribution in [0.2, 0.25) is 0 Å². The van der Waals surface area contributed by atoms with Crippen LogP contribution in [0.5, 0.6) is 5.75 Å². The van der Waals surface area contributed by atoms with Crippen molar-refractivity contribution < 1.29 is 22.7 Å². The molecular formula is C30H35Br2N3O5S. The van der Waals surface area contributed by atoms with E-state index >= 15 is 0 Å². The molecule has 0 unspecified atom stereocenters. The lowest BCUT2D eigenvalue weighted by Crippen LogP contribution is -2.52. The van der Waals surface area contributed by atoms with Gasteiger partial charge >= 0.3 is 0 Å². The van der Waals surface area contributed by atoms with Crippen LogP contribution in [0.25, 0.3) is 0 Å². The first kappa shape index (κ1) is 32.6. The highest BCUT2D eigenvalue weighted by Gasteiger charge is 2.33. The van der Waals surface area contributed by atoms with Crippen LogP contribution >= 0.6 is 31.9 Å². The maximum absolute atomic E-state index is 14.0. The van der Waals surface area contributed by atoms with E-state index in [0.717, 1.165) is 25.2 Å². The van der Waals surface area contributed by atoms with Crippen LogP contribution in [-0.2, 0) is 26.2 Å². The van der Waals surface area contributed by atoms with Gasteiger partial charge in [0.05, 0.1) is 17.2 Å². The molecule has 8 nitrogen and oxygen atoms in total. The zero-order valence-electron chi connectivity index (χ0n) is 23.5. The van der Waals surface area contributed by atoms with Crippen molar-refractivity contribution in [2.24, 2.45) is 0 Å². The first-order valence-corrected chi connectivity index (χ1v) is 16.3. The lowest BCUT2D eigenvalue weighted by atomic mass is 10.1. The molecular weight excluding hydrogens is 674 g/mol. The molecule has 0 saturated carbocycles. The van der Waals surface area contributed by atoms with Gasteiger partial charge in [0.15, 0.2) is 0 Å². The number of hydrogen-bond donors (Lipinski definition) is 1. The Balaban J connectivity index is 2.03. The van der Waals surface area contributed by atoms with Crippen LogP contribution in [0.1, 0.15) is 39.7 Å². The Morgan fingerprint density at radius 2 is 1.59 bits per heavy atom. The second-order valence-corrected chi connectivity index (χ2v) is 13.2. The summed E-state index contributed by atoms with van der Waals surface area (Å²) in [6.45, 7) is 7.42. The molecule has 0 aromatic heterocycles. The molecule has 2 amide bonds. The van der Waals surface area contributed by atoms with E-state index in [2.05, 4.69) is 37.2 Å². The van der Waals surface area contributed by atoms with E-state index in [9.17, 15) is 18.0 Å². The lowest BCUT2D eigenvalue weighted by molar-refractivity contribution is -0.139. The van der Waals surface area contributed by atoms with Crippen molar-refractivity contribution in [1.82, 2.24) is 10.2 Å². The Morgan fingerprint density at radius 3 is 2.17 bits per heavy atom. The number of hydrogen-bond acceptors (Lipinski definition) is 5. The van der Waals surface area contributed by atoms with Gasteiger partial charge < -0.3 is 15.0 Å². The molecule has 41 heavy (non-hydrogen) atoms. The van der Waals surface area contributed by atoms with Crippen molar-refractivity contribution in [3.63, 3.8) is 0 Å². The SMILES string of the molecule is CCOc1ccc(N(CC(=O)N(Cc2cccc(Br)c2)[C@@H](C)C(=O)N[C@H](C)CC)S(=O)(=O)c2ccc(Br)cc2)cc1. The quantitative estimate of drug-likeness (QED) is 0.230. The number of nitrogens with zero attached hydrogens (tertiary/aromatic N) is 2. The standard InChI is InChI=1S/C30H35Br2N3O5S/c1-5-21(3)33-30(37)22(4)34(19-23-8-7-9-25(32)18-23)29(36)20-35(26-12-14-27(15-13-26)40-6-2)41(38,39)28-16-10-24(31)11-17-28/h7-18,21-22H,5-6,19-20H2,1-4H3,(H,33,37)/t21-,22+/m1/s1. The summed E-state index contributed by atoms with van der Waals surface area (Å²) >= 11 is 6.80. The third kappa shape index (κ3) is 8.80. The Kier molecular flexibility index (Phi) is 11.8. The van der Waals surface area contributed by atoms with Gasteiger partial charge in [0.2, 0.25) is 11.8 Å². The predicted molar refractivity (Wildman–Crippen MR) is 168 cm³/mol. The number of halogens is 2. The molecule has 0 aliphatic heterocycles. The molecule has 0 saturated heterocycles. The van der Waals surface area contributed by atoms with Gasteiger partial charge in [-0.1, -0.05) is 50.9 Å². The van der Waals surface area contributed by atoms with E-state index in [1.807, 2.05) is 45.0 Å². The van der Waals surface area contributed by atoms with Crippen LogP contribution in [-0.4, -0.2) is 50.4 Å². The number of amides is 2. The fourth-order valence-electron chi connectivity index (χ4n) is 4.02. The van der Waals surface area contributed by atoms with Gasteiger partial charge in [0, 0.05) is 21.5 Å². The summed E-state index contributed by atoms with van der Waals surface area (Å²) in [6, 6.07) is 19.2. The molecule has 2 atom stereocenters. The van der Waals surface area contributed by atoms with Gasteiger partial charge in [0.1, 0.15) is 18.3 Å². The highest BCUT2D eigenvalue weighted by molar-refractivity contribution is 9.10. The number of carbonyl (C=O) groups is 2. The van der Waals surface area contributed by atoms with Crippen LogP contribution in [0.15, 0.2) is 86.6 Å². The molecule has 0 aliphatic rings. The van der Waals surface area contributed by atoms with E-state index < -0.39 is 28.5 Å². The van der Waals surface area contributed by atoms with Gasteiger partial charge in [-0.2, -0.15) is 0 Å². The van der Waals surface area contributed by atoms with Crippen LogP contribution in [0, 0.1) is 0 Å². The molecule has 0 bridgehead atoms. The molecule has 0 heterocycles. The predicted octanol–water partition coefficient (Wildman–Crippen LogP) is 6.14. The maximum atomic E-state index is 14.0. The average molecular weight is 710 g/mol. The van der Waals surface area contributed by atoms with E-state index in [-0.39, 0.29) is 23.4 Å². The minimum Gasteiger partial charge on any atom is -0.494 e. The van der Waals surface area contributed by atoms with Crippen molar-refractivity contribution in [2.75, 3.05) is 17.5 Å². The number of sulfonamides is 1. The van der Waals surface area contributed by atoms with E-state index in [4.69, 9.17) is 4.74 Å². The van der Waals surface area contributed by atoms with Gasteiger partial charge in [-0.3, -0.25) is 13.9 Å². The molecule has 0 aliphatic carbocycles. The molecule has 11 heteroatoms. The van der Waals surface area contributed by atoms with Gasteiger partial charge in [-0.25, -0.2) is 8.42 Å². The summed E-state index contributed by atoms with van der Waals surface area (Å²) in [5.41, 5.74) is 1.09. The number of carbonyl (C=O) groups excluding carboxylic acids is 2. The lowest BCUT2D eigenvalue weighted by Gasteiger charge is -2.32. The second-order valence-electron chi connectivity index (χ2n) is 9.54. The van der Waals surface area contributed by atoms with Crippen molar-refractivity contribution in [3.8, 4) is 5.75 Å². The summed E-state index contributed by atoms with van der Waals surface area (Å²) in [4.78, 5) is 28.6. The molecule has 3 aromatic carbocycles. The van der Waals surface area contributed by atoms with E-state index in [1.54, 1.807) is 43.3 Å². The topological polar surface area (TPSA) is 96.0 Å². The summed E-state index contributed by atoms with van der Waals surface area (Å²) in [7, 11) is -4.16. The molecule has 3 aromatic rings. The smallest absolute Gasteiger partial charge is 0.264 e. The fourth-order valence-corrected chi connectivity index (χ4v) is 6.14. The second kappa shape index (κ2) is 14.8. The fraction of sp³-hybridized carbons (Fsp3) is 0.333. The van der Waals surface area contributed by atoms with Crippen LogP contribution < -0.4 is 14.4 Å². The Labute approximate surface area is 259 Å². The zero-order valence-corrected chi connectivity index (χ0v) is 27.5. The summed E-state index contributed by atoms with van der Waals surface area (Å²) < 4.78 is 36.0. The number of ether oxygens (including phenoxy) is 1. The van der Waals surface area contributed by atoms with Crippen LogP contribution in [0.4, 0.5) is 5.69 Å². The Hall–Kier alpha value is -2.89. The molecule has 0 radical (unpaired) electrons. The minimum atomic E-state index is -4.16. The molecule has 1 N–H and O–H groups in total. The number of rotatable bonds is 13. The largest absolute Gasteiger partial charge is 0.494 e. The maximum Gasteiger partial charge on any atom is 0.264 e. The van der Waals surface area contributed by atoms with Gasteiger partial charge in [-0.15, -0.1) is 0 Å². The minimum absolute atomic E-state index is 0.0310. The molecule has 3 rings (SSSR count). The number of benzene rings is 3. The van der Waals surface area contributed by atoms with Crippen LogP contribution in [0.3, 0.4) is 0 Å². The van der Waals surface area contributed by atoms with E-state index in [1.165, 1.54) is 17.0 Å². The monoisotopic (exact) mass is 707 g/mol. The van der Waals surface area contributed by atoms with Crippen molar-refractivity contribution in [2.45, 2.75) is 57.6 Å². The van der Waals surface area contributed by atoms with Crippen molar-refractivity contribution in [3.05, 3.63) is 87.3 Å². The number of anilines is 1. The number of nitrogens with one attached hydrogen (secondary N) is 1. The first-order valence-electron chi connectivity index (χ1n) is 13.3. The van der Waals surface area contributed by atoms with Gasteiger partial charge in [-0.05, 0) is 93.4 Å². The molecule has 0 spiro atoms. The first-order chi connectivity index (χ1) is 19.5. The molecule has 220 valence electrons. The third-order valence-corrected chi connectivity index (χ3v) is 9.34. The Morgan fingerprint density at radius 1 is 0.927 bits per heavy atom. The summed E-state index contributed by atoms with van der Waals surface area (Å²) in [5, 5.41) is 2.93. The highest BCUT2D eigenvalue weighted by atomic mass is 79.9.